The highest BCUT2D eigenvalue weighted by Crippen LogP contribution is 2.29. The summed E-state index contributed by atoms with van der Waals surface area (Å²) in [5.41, 5.74) is 1.54. The fourth-order valence-electron chi connectivity index (χ4n) is 3.67. The topological polar surface area (TPSA) is 95.9 Å². The summed E-state index contributed by atoms with van der Waals surface area (Å²) in [6.07, 6.45) is 1.53. The molecule has 0 saturated carbocycles. The molecule has 0 bridgehead atoms. The lowest BCUT2D eigenvalue weighted by molar-refractivity contribution is -0.145. The zero-order valence-corrected chi connectivity index (χ0v) is 20.8. The number of nitrogens with zero attached hydrogens (tertiary/aromatic N) is 3. The minimum atomic E-state index is -0.451. The molecule has 0 fully saturated rings. The maximum atomic E-state index is 13.4. The molecule has 0 aliphatic carbocycles. The van der Waals surface area contributed by atoms with Gasteiger partial charge >= 0.3 is 5.97 Å². The fourth-order valence-corrected chi connectivity index (χ4v) is 4.05. The molecule has 9 heteroatoms. The summed E-state index contributed by atoms with van der Waals surface area (Å²) in [5.74, 6) is 0.707. The second-order valence-electron chi connectivity index (χ2n) is 7.77. The summed E-state index contributed by atoms with van der Waals surface area (Å²) >= 11 is 3.47. The second-order valence-corrected chi connectivity index (χ2v) is 8.69. The SMILES string of the molecule is CCOC(=O)COc1cccc(C=Nn2c(-c3cc4cc(Br)ccc4o3)nc3ccccc3c2=O)c1. The van der Waals surface area contributed by atoms with E-state index in [2.05, 4.69) is 26.0 Å². The maximum absolute atomic E-state index is 13.4. The first-order valence-corrected chi connectivity index (χ1v) is 12.0. The third-order valence-corrected chi connectivity index (χ3v) is 5.79. The number of carbonyl (C=O) groups excluding carboxylic acids is 1. The van der Waals surface area contributed by atoms with Gasteiger partial charge in [0, 0.05) is 9.86 Å². The summed E-state index contributed by atoms with van der Waals surface area (Å²) < 4.78 is 18.5. The Bertz CT molecular complexity index is 1670. The molecular formula is C27H20BrN3O5. The molecule has 0 N–H and O–H groups in total. The van der Waals surface area contributed by atoms with Crippen LogP contribution in [0.2, 0.25) is 0 Å². The van der Waals surface area contributed by atoms with Crippen molar-refractivity contribution in [1.29, 1.82) is 0 Å². The van der Waals surface area contributed by atoms with Crippen molar-refractivity contribution in [2.75, 3.05) is 13.2 Å². The van der Waals surface area contributed by atoms with Crippen molar-refractivity contribution >= 4 is 50.0 Å². The van der Waals surface area contributed by atoms with E-state index in [9.17, 15) is 9.59 Å². The first-order valence-electron chi connectivity index (χ1n) is 11.2. The number of fused-ring (bicyclic) bond motifs is 2. The summed E-state index contributed by atoms with van der Waals surface area (Å²) in [6, 6.07) is 21.6. The van der Waals surface area contributed by atoms with Gasteiger partial charge in [0.2, 0.25) is 5.82 Å². The number of esters is 1. The minimum Gasteiger partial charge on any atom is -0.482 e. The lowest BCUT2D eigenvalue weighted by atomic mass is 10.2. The first kappa shape index (κ1) is 23.5. The maximum Gasteiger partial charge on any atom is 0.344 e. The van der Waals surface area contributed by atoms with Gasteiger partial charge in [0.15, 0.2) is 12.4 Å². The molecule has 0 atom stereocenters. The molecule has 36 heavy (non-hydrogen) atoms. The van der Waals surface area contributed by atoms with Crippen molar-refractivity contribution in [1.82, 2.24) is 9.66 Å². The molecule has 180 valence electrons. The molecule has 0 aliphatic heterocycles. The number of furan rings is 1. The van der Waals surface area contributed by atoms with E-state index in [0.717, 1.165) is 9.86 Å². The van der Waals surface area contributed by atoms with Gasteiger partial charge in [0.1, 0.15) is 11.3 Å². The molecule has 0 saturated heterocycles. The van der Waals surface area contributed by atoms with E-state index < -0.39 is 5.97 Å². The van der Waals surface area contributed by atoms with Crippen LogP contribution in [0.1, 0.15) is 12.5 Å². The number of benzene rings is 3. The van der Waals surface area contributed by atoms with Gasteiger partial charge in [-0.15, -0.1) is 0 Å². The molecule has 3 aromatic carbocycles. The molecule has 0 radical (unpaired) electrons. The predicted molar refractivity (Wildman–Crippen MR) is 140 cm³/mol. The van der Waals surface area contributed by atoms with Gasteiger partial charge in [-0.1, -0.05) is 40.2 Å². The van der Waals surface area contributed by atoms with Gasteiger partial charge in [0.05, 0.1) is 23.7 Å². The second kappa shape index (κ2) is 10.2. The molecule has 0 aliphatic rings. The van der Waals surface area contributed by atoms with Crippen LogP contribution >= 0.6 is 15.9 Å². The van der Waals surface area contributed by atoms with E-state index in [0.29, 0.717) is 33.6 Å². The van der Waals surface area contributed by atoms with Crippen molar-refractivity contribution < 1.29 is 18.7 Å². The molecule has 0 unspecified atom stereocenters. The van der Waals surface area contributed by atoms with Crippen LogP contribution in [0, 0.1) is 0 Å². The smallest absolute Gasteiger partial charge is 0.344 e. The Balaban J connectivity index is 1.55. The number of hydrogen-bond donors (Lipinski definition) is 0. The van der Waals surface area contributed by atoms with E-state index in [1.165, 1.54) is 10.9 Å². The van der Waals surface area contributed by atoms with Crippen LogP contribution in [0.3, 0.4) is 0 Å². The van der Waals surface area contributed by atoms with Crippen LogP contribution in [0.4, 0.5) is 0 Å². The van der Waals surface area contributed by atoms with Crippen LogP contribution < -0.4 is 10.3 Å². The van der Waals surface area contributed by atoms with Crippen LogP contribution in [0.25, 0.3) is 33.5 Å². The highest BCUT2D eigenvalue weighted by atomic mass is 79.9. The van der Waals surface area contributed by atoms with Crippen molar-refractivity contribution in [2.24, 2.45) is 5.10 Å². The van der Waals surface area contributed by atoms with Crippen molar-refractivity contribution in [3.63, 3.8) is 0 Å². The normalized spacial score (nSPS) is 11.4. The molecular weight excluding hydrogens is 526 g/mol. The lowest BCUT2D eigenvalue weighted by Crippen LogP contribution is -2.20. The van der Waals surface area contributed by atoms with Gasteiger partial charge in [-0.05, 0) is 61.0 Å². The number of aromatic nitrogens is 2. The Morgan fingerprint density at radius 3 is 2.83 bits per heavy atom. The quantitative estimate of drug-likeness (QED) is 0.201. The number of ether oxygens (including phenoxy) is 2. The number of rotatable bonds is 7. The summed E-state index contributed by atoms with van der Waals surface area (Å²) in [6.45, 7) is 1.82. The Morgan fingerprint density at radius 1 is 1.11 bits per heavy atom. The highest BCUT2D eigenvalue weighted by molar-refractivity contribution is 9.10. The van der Waals surface area contributed by atoms with Crippen LogP contribution in [-0.4, -0.2) is 35.1 Å². The molecule has 0 spiro atoms. The van der Waals surface area contributed by atoms with E-state index in [1.54, 1.807) is 49.4 Å². The number of carbonyl (C=O) groups is 1. The molecule has 8 nitrogen and oxygen atoms in total. The standard InChI is InChI=1S/C27H20BrN3O5/c1-2-34-25(32)16-35-20-7-5-6-17(12-20)15-29-31-26(30-22-9-4-3-8-21(22)27(31)33)24-14-18-13-19(28)10-11-23(18)36-24/h3-15H,2,16H2,1H3. The average Bonchev–Trinajstić information content (AvgIpc) is 3.30. The summed E-state index contributed by atoms with van der Waals surface area (Å²) in [7, 11) is 0. The highest BCUT2D eigenvalue weighted by Gasteiger charge is 2.16. The zero-order valence-electron chi connectivity index (χ0n) is 19.2. The van der Waals surface area contributed by atoms with Crippen LogP contribution in [0.15, 0.2) is 91.6 Å². The van der Waals surface area contributed by atoms with Crippen molar-refractivity contribution in [2.45, 2.75) is 6.92 Å². The van der Waals surface area contributed by atoms with Gasteiger partial charge in [-0.2, -0.15) is 9.78 Å². The Labute approximate surface area is 213 Å². The molecule has 5 rings (SSSR count). The largest absolute Gasteiger partial charge is 0.482 e. The summed E-state index contributed by atoms with van der Waals surface area (Å²) in [5, 5.41) is 5.75. The van der Waals surface area contributed by atoms with E-state index in [4.69, 9.17) is 13.9 Å². The van der Waals surface area contributed by atoms with E-state index >= 15 is 0 Å². The van der Waals surface area contributed by atoms with Gasteiger partial charge in [-0.25, -0.2) is 9.78 Å². The minimum absolute atomic E-state index is 0.200. The van der Waals surface area contributed by atoms with Crippen molar-refractivity contribution in [3.05, 3.63) is 93.2 Å². The molecule has 2 heterocycles. The molecule has 5 aromatic rings. The average molecular weight is 546 g/mol. The van der Waals surface area contributed by atoms with Gasteiger partial charge < -0.3 is 13.9 Å². The molecule has 2 aromatic heterocycles. The Hall–Kier alpha value is -4.24. The monoisotopic (exact) mass is 545 g/mol. The van der Waals surface area contributed by atoms with E-state index in [-0.39, 0.29) is 24.6 Å². The zero-order chi connectivity index (χ0) is 25.1. The fraction of sp³-hybridized carbons (Fsp3) is 0.111. The van der Waals surface area contributed by atoms with Gasteiger partial charge in [-0.3, -0.25) is 4.79 Å². The Kier molecular flexibility index (Phi) is 6.64. The summed E-state index contributed by atoms with van der Waals surface area (Å²) in [4.78, 5) is 29.7. The predicted octanol–water partition coefficient (Wildman–Crippen LogP) is 5.40. The number of para-hydroxylation sites is 1. The van der Waals surface area contributed by atoms with Crippen LogP contribution in [0.5, 0.6) is 5.75 Å². The third kappa shape index (κ3) is 4.92. The number of hydrogen-bond acceptors (Lipinski definition) is 7. The lowest BCUT2D eigenvalue weighted by Gasteiger charge is -2.08. The van der Waals surface area contributed by atoms with E-state index in [1.807, 2.05) is 30.3 Å². The van der Waals surface area contributed by atoms with Crippen LogP contribution in [-0.2, 0) is 9.53 Å². The number of halogens is 1. The Morgan fingerprint density at radius 2 is 1.97 bits per heavy atom. The van der Waals surface area contributed by atoms with Crippen molar-refractivity contribution in [3.8, 4) is 17.3 Å². The first-order chi connectivity index (χ1) is 17.5. The molecule has 0 amide bonds. The van der Waals surface area contributed by atoms with Gasteiger partial charge in [0.25, 0.3) is 5.56 Å². The third-order valence-electron chi connectivity index (χ3n) is 5.29.